The van der Waals surface area contributed by atoms with Gasteiger partial charge in [-0.2, -0.15) is 83.4 Å². The number of hydrogen-bond donors (Lipinski definition) is 0. The van der Waals surface area contributed by atoms with E-state index in [-0.39, 0.29) is 0 Å². The number of halogens is 19. The molecule has 0 spiro atoms. The van der Waals surface area contributed by atoms with Crippen LogP contribution in [0, 0.1) is 0 Å². The molecule has 0 N–H and O–H groups in total. The van der Waals surface area contributed by atoms with E-state index in [1.165, 1.54) is 0 Å². The van der Waals surface area contributed by atoms with Gasteiger partial charge in [-0.05, 0) is 0 Å². The minimum absolute atomic E-state index is 0.531. The molecule has 0 saturated heterocycles. The summed E-state index contributed by atoms with van der Waals surface area (Å²) in [6, 6.07) is 0. The maximum atomic E-state index is 13.3. The lowest BCUT2D eigenvalue weighted by molar-refractivity contribution is -0.468. The molecule has 0 aliphatic heterocycles. The highest BCUT2D eigenvalue weighted by atomic mass is 19.4. The Morgan fingerprint density at radius 3 is 0.806 bits per heavy atom. The second-order valence-electron chi connectivity index (χ2n) is 5.97. The predicted molar refractivity (Wildman–Crippen MR) is 60.5 cm³/mol. The number of hydrogen-bond acceptors (Lipinski definition) is 0. The van der Waals surface area contributed by atoms with Crippen LogP contribution in [-0.4, -0.2) is 53.6 Å². The van der Waals surface area contributed by atoms with Crippen LogP contribution in [0.2, 0.25) is 0 Å². The van der Waals surface area contributed by atoms with E-state index in [1.807, 2.05) is 0 Å². The summed E-state index contributed by atoms with van der Waals surface area (Å²) in [5.41, 5.74) is 0. The molecule has 0 radical (unpaired) electrons. The minimum atomic E-state index is -8.85. The van der Waals surface area contributed by atoms with Gasteiger partial charge >= 0.3 is 53.6 Å². The van der Waals surface area contributed by atoms with Gasteiger partial charge in [0.15, 0.2) is 0 Å². The Hall–Kier alpha value is -1.33. The Balaban J connectivity index is 6.84. The molecule has 0 heterocycles. The van der Waals surface area contributed by atoms with Gasteiger partial charge in [-0.15, -0.1) is 0 Å². The van der Waals surface area contributed by atoms with Crippen molar-refractivity contribution >= 4 is 0 Å². The van der Waals surface area contributed by atoms with E-state index in [4.69, 9.17) is 0 Å². The Morgan fingerprint density at radius 1 is 0.355 bits per heavy atom. The smallest absolute Gasteiger partial charge is 0.200 e. The summed E-state index contributed by atoms with van der Waals surface area (Å²) >= 11 is 0. The summed E-state index contributed by atoms with van der Waals surface area (Å²) in [4.78, 5) is 0. The van der Waals surface area contributed by atoms with Crippen molar-refractivity contribution in [1.29, 1.82) is 0 Å². The fourth-order valence-electron chi connectivity index (χ4n) is 1.86. The molecule has 0 aromatic heterocycles. The van der Waals surface area contributed by atoms with Gasteiger partial charge in [0.1, 0.15) is 0 Å². The van der Waals surface area contributed by atoms with Crippen molar-refractivity contribution in [3.63, 3.8) is 0 Å². The molecule has 0 rings (SSSR count). The average Bonchev–Trinajstić information content (AvgIpc) is 2.52. The Morgan fingerprint density at radius 2 is 0.581 bits per heavy atom. The zero-order valence-electron chi connectivity index (χ0n) is 14.1. The standard InChI is InChI=1S/C12H7F19/c1-2-3-4(13,14)5(15,16)6(17,18)7(19,20)8(21,22)9(23,24)10(25,26)11(27,28)12(29,30)31/h2-3H2,1H3. The van der Waals surface area contributed by atoms with Crippen LogP contribution >= 0.6 is 0 Å². The van der Waals surface area contributed by atoms with Crippen LogP contribution in [0.4, 0.5) is 83.4 Å². The summed E-state index contributed by atoms with van der Waals surface area (Å²) in [6.45, 7) is 0.531. The zero-order valence-corrected chi connectivity index (χ0v) is 14.1. The first kappa shape index (κ1) is 29.7. The molecule has 0 aliphatic carbocycles. The second kappa shape index (κ2) is 7.34. The van der Waals surface area contributed by atoms with Crippen molar-refractivity contribution in [1.82, 2.24) is 0 Å². The van der Waals surface area contributed by atoms with Gasteiger partial charge in [0.25, 0.3) is 0 Å². The van der Waals surface area contributed by atoms with Crippen LogP contribution in [0.5, 0.6) is 0 Å². The van der Waals surface area contributed by atoms with Crippen LogP contribution in [0.15, 0.2) is 0 Å². The Kier molecular flexibility index (Phi) is 7.03. The van der Waals surface area contributed by atoms with E-state index < -0.39 is 66.4 Å². The molecule has 0 aromatic carbocycles. The lowest BCUT2D eigenvalue weighted by Crippen LogP contribution is -2.75. The van der Waals surface area contributed by atoms with Gasteiger partial charge in [-0.1, -0.05) is 13.3 Å². The van der Waals surface area contributed by atoms with Crippen molar-refractivity contribution < 1.29 is 83.4 Å². The topological polar surface area (TPSA) is 0 Å². The molecule has 0 bridgehead atoms. The Labute approximate surface area is 158 Å². The molecule has 0 amide bonds. The van der Waals surface area contributed by atoms with E-state index in [0.717, 1.165) is 0 Å². The quantitative estimate of drug-likeness (QED) is 0.282. The van der Waals surface area contributed by atoms with Gasteiger partial charge in [0, 0.05) is 6.42 Å². The van der Waals surface area contributed by atoms with E-state index >= 15 is 0 Å². The molecule has 0 fully saturated rings. The van der Waals surface area contributed by atoms with Gasteiger partial charge in [-0.25, -0.2) is 0 Å². The highest BCUT2D eigenvalue weighted by Gasteiger charge is 2.96. The molecule has 19 heteroatoms. The molecule has 31 heavy (non-hydrogen) atoms. The van der Waals surface area contributed by atoms with Crippen molar-refractivity contribution in [3.05, 3.63) is 0 Å². The maximum Gasteiger partial charge on any atom is 0.460 e. The monoisotopic (exact) mass is 512 g/mol. The summed E-state index contributed by atoms with van der Waals surface area (Å²) in [7, 11) is 0. The third kappa shape index (κ3) is 3.66. The summed E-state index contributed by atoms with van der Waals surface area (Å²) in [6.07, 6.45) is -11.6. The van der Waals surface area contributed by atoms with Gasteiger partial charge in [-0.3, -0.25) is 0 Å². The summed E-state index contributed by atoms with van der Waals surface area (Å²) in [5, 5.41) is 0. The first-order valence-corrected chi connectivity index (χ1v) is 7.15. The lowest BCUT2D eigenvalue weighted by atomic mass is 9.87. The third-order valence-electron chi connectivity index (χ3n) is 3.75. The van der Waals surface area contributed by atoms with Gasteiger partial charge < -0.3 is 0 Å². The van der Waals surface area contributed by atoms with Crippen molar-refractivity contribution in [3.8, 4) is 0 Å². The molecular weight excluding hydrogens is 505 g/mol. The number of alkyl halides is 19. The largest absolute Gasteiger partial charge is 0.460 e. The fourth-order valence-corrected chi connectivity index (χ4v) is 1.86. The average molecular weight is 512 g/mol. The van der Waals surface area contributed by atoms with E-state index in [1.54, 1.807) is 0 Å². The zero-order chi connectivity index (χ0) is 25.9. The number of rotatable bonds is 9. The summed E-state index contributed by atoms with van der Waals surface area (Å²) in [5.74, 6) is -65.8. The van der Waals surface area contributed by atoms with Crippen molar-refractivity contribution in [2.24, 2.45) is 0 Å². The van der Waals surface area contributed by atoms with Crippen LogP contribution in [-0.2, 0) is 0 Å². The summed E-state index contributed by atoms with van der Waals surface area (Å²) < 4.78 is 245. The highest BCUT2D eigenvalue weighted by Crippen LogP contribution is 2.65. The molecular formula is C12H7F19. The van der Waals surface area contributed by atoms with Gasteiger partial charge in [0.05, 0.1) is 0 Å². The first-order chi connectivity index (χ1) is 13.1. The van der Waals surface area contributed by atoms with Crippen LogP contribution < -0.4 is 0 Å². The van der Waals surface area contributed by atoms with Crippen molar-refractivity contribution in [2.45, 2.75) is 73.3 Å². The van der Waals surface area contributed by atoms with Crippen molar-refractivity contribution in [2.75, 3.05) is 0 Å². The maximum absolute atomic E-state index is 13.3. The van der Waals surface area contributed by atoms with E-state index in [2.05, 4.69) is 0 Å². The molecule has 0 saturated carbocycles. The molecule has 188 valence electrons. The molecule has 0 atom stereocenters. The van der Waals surface area contributed by atoms with Crippen LogP contribution in [0.3, 0.4) is 0 Å². The third-order valence-corrected chi connectivity index (χ3v) is 3.75. The SMILES string of the molecule is CCCC(F)(F)C(F)(F)C(F)(F)C(F)(F)C(F)(F)C(F)(F)C(F)(F)C(F)(F)C(F)(F)F. The van der Waals surface area contributed by atoms with E-state index in [0.29, 0.717) is 6.92 Å². The molecule has 0 aliphatic rings. The Bertz CT molecular complexity index is 639. The first-order valence-electron chi connectivity index (χ1n) is 7.15. The lowest BCUT2D eigenvalue weighted by Gasteiger charge is -2.43. The van der Waals surface area contributed by atoms with E-state index in [9.17, 15) is 83.4 Å². The highest BCUT2D eigenvalue weighted by molar-refractivity contribution is 5.16. The normalized spacial score (nSPS) is 16.6. The second-order valence-corrected chi connectivity index (χ2v) is 5.97. The molecule has 0 unspecified atom stereocenters. The fraction of sp³-hybridized carbons (Fsp3) is 1.00. The van der Waals surface area contributed by atoms with Crippen LogP contribution in [0.1, 0.15) is 19.8 Å². The van der Waals surface area contributed by atoms with Crippen LogP contribution in [0.25, 0.3) is 0 Å². The minimum Gasteiger partial charge on any atom is -0.200 e. The van der Waals surface area contributed by atoms with Gasteiger partial charge in [0.2, 0.25) is 0 Å². The predicted octanol–water partition coefficient (Wildman–Crippen LogP) is 7.43. The molecule has 0 aromatic rings. The molecule has 0 nitrogen and oxygen atoms in total.